The summed E-state index contributed by atoms with van der Waals surface area (Å²) in [4.78, 5) is 24.0. The molecular weight excluding hydrogens is 311 g/mol. The van der Waals surface area contributed by atoms with E-state index < -0.39 is 5.82 Å². The van der Waals surface area contributed by atoms with Crippen LogP contribution in [0.25, 0.3) is 6.08 Å². The van der Waals surface area contributed by atoms with E-state index in [1.54, 1.807) is 30.3 Å². The molecule has 0 spiro atoms. The molecule has 2 aromatic rings. The van der Waals surface area contributed by atoms with Crippen LogP contribution in [0, 0.1) is 11.7 Å². The normalized spacial score (nSPS) is 17.5. The van der Waals surface area contributed by atoms with E-state index in [-0.39, 0.29) is 29.0 Å². The van der Waals surface area contributed by atoms with Crippen LogP contribution in [0.4, 0.5) is 4.39 Å². The second-order valence-corrected chi connectivity index (χ2v) is 5.81. The Morgan fingerprint density at radius 3 is 2.75 bits per heavy atom. The summed E-state index contributed by atoms with van der Waals surface area (Å²) in [5, 5.41) is 0. The third kappa shape index (κ3) is 2.69. The molecule has 2 aliphatic rings. The third-order valence-corrected chi connectivity index (χ3v) is 3.96. The van der Waals surface area contributed by atoms with Crippen LogP contribution in [0.5, 0.6) is 11.5 Å². The predicted molar refractivity (Wildman–Crippen MR) is 84.1 cm³/mol. The van der Waals surface area contributed by atoms with E-state index in [0.717, 1.165) is 12.8 Å². The summed E-state index contributed by atoms with van der Waals surface area (Å²) in [5.41, 5.74) is 0.637. The highest BCUT2D eigenvalue weighted by Gasteiger charge is 2.32. The predicted octanol–water partition coefficient (Wildman–Crippen LogP) is 3.76. The van der Waals surface area contributed by atoms with Crippen molar-refractivity contribution >= 4 is 17.8 Å². The van der Waals surface area contributed by atoms with Crippen molar-refractivity contribution in [1.29, 1.82) is 0 Å². The number of Topliss-reactive ketones (excluding diaryl/α,β-unsaturated/α-hetero) is 1. The van der Waals surface area contributed by atoms with Crippen molar-refractivity contribution in [2.45, 2.75) is 12.8 Å². The van der Waals surface area contributed by atoms with Crippen LogP contribution in [0.3, 0.4) is 0 Å². The number of allylic oxidation sites excluding steroid dienone is 1. The Kier molecular flexibility index (Phi) is 3.41. The number of ether oxygens (including phenoxy) is 2. The summed E-state index contributed by atoms with van der Waals surface area (Å²) < 4.78 is 24.5. The second-order valence-electron chi connectivity index (χ2n) is 5.81. The van der Waals surface area contributed by atoms with Crippen molar-refractivity contribution < 1.29 is 23.5 Å². The van der Waals surface area contributed by atoms with Crippen molar-refractivity contribution in [2.24, 2.45) is 5.92 Å². The fraction of sp³-hybridized carbons (Fsp3) is 0.158. The van der Waals surface area contributed by atoms with Crippen LogP contribution in [-0.4, -0.2) is 11.8 Å². The summed E-state index contributed by atoms with van der Waals surface area (Å²) in [6, 6.07) is 10.7. The lowest BCUT2D eigenvalue weighted by Crippen LogP contribution is -2.09. The number of carbonyl (C=O) groups excluding carboxylic acids is 2. The molecule has 1 saturated carbocycles. The van der Waals surface area contributed by atoms with Gasteiger partial charge >= 0.3 is 5.97 Å². The van der Waals surface area contributed by atoms with Crippen LogP contribution < -0.4 is 9.47 Å². The van der Waals surface area contributed by atoms with Gasteiger partial charge in [0.15, 0.2) is 5.76 Å². The second kappa shape index (κ2) is 5.60. The number of halogens is 1. The van der Waals surface area contributed by atoms with E-state index in [1.807, 2.05) is 0 Å². The number of ketones is 1. The van der Waals surface area contributed by atoms with Gasteiger partial charge in [0.25, 0.3) is 0 Å². The highest BCUT2D eigenvalue weighted by atomic mass is 19.1. The molecule has 0 N–H and O–H groups in total. The Labute approximate surface area is 137 Å². The van der Waals surface area contributed by atoms with Gasteiger partial charge in [-0.25, -0.2) is 4.39 Å². The molecule has 5 heteroatoms. The van der Waals surface area contributed by atoms with Crippen LogP contribution in [0.2, 0.25) is 0 Å². The number of hydrogen-bond donors (Lipinski definition) is 0. The number of rotatable bonds is 3. The number of hydrogen-bond acceptors (Lipinski definition) is 4. The highest BCUT2D eigenvalue weighted by molar-refractivity contribution is 6.14. The van der Waals surface area contributed by atoms with Crippen LogP contribution in [0.15, 0.2) is 48.2 Å². The molecule has 1 fully saturated rings. The Morgan fingerprint density at radius 2 is 2.00 bits per heavy atom. The molecule has 1 heterocycles. The van der Waals surface area contributed by atoms with Gasteiger partial charge in [0, 0.05) is 11.6 Å². The SMILES string of the molecule is O=C1/C(=C/c2ccccc2F)Oc2cc(OC(=O)C3CC3)ccc21. The van der Waals surface area contributed by atoms with E-state index in [9.17, 15) is 14.0 Å². The smallest absolute Gasteiger partial charge is 0.314 e. The first-order valence-electron chi connectivity index (χ1n) is 7.66. The summed E-state index contributed by atoms with van der Waals surface area (Å²) in [7, 11) is 0. The minimum atomic E-state index is -0.434. The van der Waals surface area contributed by atoms with Gasteiger partial charge in [-0.1, -0.05) is 18.2 Å². The lowest BCUT2D eigenvalue weighted by Gasteiger charge is -2.04. The number of carbonyl (C=O) groups is 2. The molecule has 1 aliphatic heterocycles. The van der Waals surface area contributed by atoms with Gasteiger partial charge in [0.1, 0.15) is 17.3 Å². The molecule has 120 valence electrons. The van der Waals surface area contributed by atoms with Gasteiger partial charge in [-0.3, -0.25) is 9.59 Å². The Balaban J connectivity index is 1.60. The Bertz CT molecular complexity index is 881. The molecule has 0 radical (unpaired) electrons. The van der Waals surface area contributed by atoms with Crippen molar-refractivity contribution in [3.63, 3.8) is 0 Å². The number of esters is 1. The van der Waals surface area contributed by atoms with Crippen molar-refractivity contribution in [3.8, 4) is 11.5 Å². The average molecular weight is 324 g/mol. The monoisotopic (exact) mass is 324 g/mol. The molecule has 1 aliphatic carbocycles. The lowest BCUT2D eigenvalue weighted by atomic mass is 10.1. The van der Waals surface area contributed by atoms with Crippen LogP contribution in [-0.2, 0) is 4.79 Å². The van der Waals surface area contributed by atoms with Crippen molar-refractivity contribution in [2.75, 3.05) is 0 Å². The zero-order valence-corrected chi connectivity index (χ0v) is 12.6. The van der Waals surface area contributed by atoms with E-state index in [0.29, 0.717) is 17.1 Å². The summed E-state index contributed by atoms with van der Waals surface area (Å²) in [6.07, 6.45) is 3.08. The van der Waals surface area contributed by atoms with Crippen molar-refractivity contribution in [3.05, 3.63) is 65.2 Å². The quantitative estimate of drug-likeness (QED) is 0.490. The van der Waals surface area contributed by atoms with Gasteiger partial charge in [-0.05, 0) is 37.1 Å². The van der Waals surface area contributed by atoms with Gasteiger partial charge in [-0.15, -0.1) is 0 Å². The first kappa shape index (κ1) is 14.6. The molecule has 4 nitrogen and oxygen atoms in total. The standard InChI is InChI=1S/C19H13FO4/c20-15-4-2-1-3-12(15)9-17-18(21)14-8-7-13(10-16(14)24-17)23-19(22)11-5-6-11/h1-4,7-11H,5-6H2/b17-9-. The number of fused-ring (bicyclic) bond motifs is 1. The largest absolute Gasteiger partial charge is 0.452 e. The zero-order valence-electron chi connectivity index (χ0n) is 12.6. The Morgan fingerprint density at radius 1 is 1.21 bits per heavy atom. The molecule has 2 aromatic carbocycles. The highest BCUT2D eigenvalue weighted by Crippen LogP contribution is 2.36. The first-order chi connectivity index (χ1) is 11.6. The molecule has 4 rings (SSSR count). The molecule has 0 aromatic heterocycles. The van der Waals surface area contributed by atoms with Gasteiger partial charge in [0.05, 0.1) is 11.5 Å². The molecular formula is C19H13FO4. The molecule has 0 amide bonds. The molecule has 0 atom stereocenters. The zero-order chi connectivity index (χ0) is 16.7. The maximum absolute atomic E-state index is 13.7. The maximum Gasteiger partial charge on any atom is 0.314 e. The summed E-state index contributed by atoms with van der Waals surface area (Å²) in [6.45, 7) is 0. The summed E-state index contributed by atoms with van der Waals surface area (Å²) >= 11 is 0. The summed E-state index contributed by atoms with van der Waals surface area (Å²) in [5.74, 6) is -0.349. The van der Waals surface area contributed by atoms with Crippen LogP contribution in [0.1, 0.15) is 28.8 Å². The molecule has 0 unspecified atom stereocenters. The maximum atomic E-state index is 13.7. The lowest BCUT2D eigenvalue weighted by molar-refractivity contribution is -0.135. The minimum absolute atomic E-state index is 0.0164. The minimum Gasteiger partial charge on any atom is -0.452 e. The fourth-order valence-electron chi connectivity index (χ4n) is 2.48. The van der Waals surface area contributed by atoms with Crippen molar-refractivity contribution in [1.82, 2.24) is 0 Å². The number of benzene rings is 2. The van der Waals surface area contributed by atoms with E-state index in [2.05, 4.69) is 0 Å². The third-order valence-electron chi connectivity index (χ3n) is 3.96. The van der Waals surface area contributed by atoms with E-state index in [1.165, 1.54) is 18.2 Å². The van der Waals surface area contributed by atoms with Gasteiger partial charge < -0.3 is 9.47 Å². The molecule has 0 saturated heterocycles. The molecule has 24 heavy (non-hydrogen) atoms. The Hall–Kier alpha value is -2.95. The topological polar surface area (TPSA) is 52.6 Å². The van der Waals surface area contributed by atoms with E-state index >= 15 is 0 Å². The fourth-order valence-corrected chi connectivity index (χ4v) is 2.48. The van der Waals surface area contributed by atoms with Gasteiger partial charge in [0.2, 0.25) is 5.78 Å². The first-order valence-corrected chi connectivity index (χ1v) is 7.66. The van der Waals surface area contributed by atoms with Gasteiger partial charge in [-0.2, -0.15) is 0 Å². The molecule has 0 bridgehead atoms. The van der Waals surface area contributed by atoms with E-state index in [4.69, 9.17) is 9.47 Å². The average Bonchev–Trinajstić information content (AvgIpc) is 3.37. The van der Waals surface area contributed by atoms with Crippen LogP contribution >= 0.6 is 0 Å².